The molecule has 0 atom stereocenters. The second kappa shape index (κ2) is 6.72. The average Bonchev–Trinajstić information content (AvgIpc) is 3.04. The third-order valence-electron chi connectivity index (χ3n) is 4.66. The number of non-ortho nitro benzene ring substituents is 1. The van der Waals surface area contributed by atoms with Crippen molar-refractivity contribution < 1.29 is 9.31 Å². The first-order valence-electron chi connectivity index (χ1n) is 8.44. The van der Waals surface area contributed by atoms with E-state index < -0.39 is 4.92 Å². The van der Waals surface area contributed by atoms with Gasteiger partial charge in [-0.2, -0.15) is 0 Å². The van der Waals surface area contributed by atoms with Crippen molar-refractivity contribution in [2.75, 3.05) is 31.1 Å². The van der Waals surface area contributed by atoms with Gasteiger partial charge in [-0.25, -0.2) is 9.37 Å². The van der Waals surface area contributed by atoms with Crippen LogP contribution in [0.25, 0.3) is 11.0 Å². The van der Waals surface area contributed by atoms with Crippen LogP contribution < -0.4 is 4.90 Å². The summed E-state index contributed by atoms with van der Waals surface area (Å²) in [5.74, 6) is 0.577. The molecule has 1 aliphatic rings. The molecular weight excluding hydrogens is 337 g/mol. The molecule has 1 fully saturated rings. The Hall–Kier alpha value is -3.00. The van der Waals surface area contributed by atoms with Gasteiger partial charge in [0.15, 0.2) is 0 Å². The molecule has 0 saturated carbocycles. The lowest BCUT2D eigenvalue weighted by molar-refractivity contribution is -0.384. The van der Waals surface area contributed by atoms with Crippen molar-refractivity contribution in [1.29, 1.82) is 0 Å². The zero-order valence-electron chi connectivity index (χ0n) is 14.1. The van der Waals surface area contributed by atoms with E-state index in [2.05, 4.69) is 19.8 Å². The normalized spacial score (nSPS) is 15.5. The largest absolute Gasteiger partial charge is 0.369 e. The molecule has 0 radical (unpaired) electrons. The van der Waals surface area contributed by atoms with Gasteiger partial charge < -0.3 is 9.88 Å². The number of H-pyrrole nitrogens is 1. The molecule has 0 aliphatic carbocycles. The van der Waals surface area contributed by atoms with Crippen molar-refractivity contribution >= 4 is 22.4 Å². The summed E-state index contributed by atoms with van der Waals surface area (Å²) in [7, 11) is 0. The highest BCUT2D eigenvalue weighted by Gasteiger charge is 2.19. The lowest BCUT2D eigenvalue weighted by atomic mass is 10.2. The molecule has 0 spiro atoms. The van der Waals surface area contributed by atoms with Gasteiger partial charge in [-0.3, -0.25) is 15.0 Å². The Morgan fingerprint density at radius 1 is 1.12 bits per heavy atom. The van der Waals surface area contributed by atoms with E-state index in [4.69, 9.17) is 0 Å². The van der Waals surface area contributed by atoms with Crippen LogP contribution in [0.5, 0.6) is 0 Å². The van der Waals surface area contributed by atoms with Crippen LogP contribution >= 0.6 is 0 Å². The zero-order chi connectivity index (χ0) is 18.1. The highest BCUT2D eigenvalue weighted by Crippen LogP contribution is 2.21. The fourth-order valence-corrected chi connectivity index (χ4v) is 3.27. The van der Waals surface area contributed by atoms with E-state index in [1.807, 2.05) is 0 Å². The zero-order valence-corrected chi connectivity index (χ0v) is 14.1. The second-order valence-corrected chi connectivity index (χ2v) is 6.38. The summed E-state index contributed by atoms with van der Waals surface area (Å²) < 4.78 is 13.0. The first-order chi connectivity index (χ1) is 12.6. The minimum Gasteiger partial charge on any atom is -0.369 e. The summed E-state index contributed by atoms with van der Waals surface area (Å²) in [5, 5.41) is 10.9. The van der Waals surface area contributed by atoms with Crippen molar-refractivity contribution in [2.45, 2.75) is 6.54 Å². The van der Waals surface area contributed by atoms with Gasteiger partial charge in [0, 0.05) is 44.0 Å². The van der Waals surface area contributed by atoms with E-state index in [1.54, 1.807) is 18.2 Å². The first-order valence-corrected chi connectivity index (χ1v) is 8.44. The summed E-state index contributed by atoms with van der Waals surface area (Å²) in [6, 6.07) is 11.2. The Morgan fingerprint density at radius 2 is 1.85 bits per heavy atom. The van der Waals surface area contributed by atoms with E-state index >= 15 is 0 Å². The number of benzene rings is 2. The summed E-state index contributed by atoms with van der Waals surface area (Å²) >= 11 is 0. The van der Waals surface area contributed by atoms with Gasteiger partial charge in [0.1, 0.15) is 11.6 Å². The van der Waals surface area contributed by atoms with E-state index in [0.717, 1.165) is 43.2 Å². The third kappa shape index (κ3) is 3.36. The van der Waals surface area contributed by atoms with Crippen molar-refractivity contribution in [2.24, 2.45) is 0 Å². The lowest BCUT2D eigenvalue weighted by Gasteiger charge is -2.35. The number of piperazine rings is 1. The minimum absolute atomic E-state index is 0.0561. The van der Waals surface area contributed by atoms with E-state index in [9.17, 15) is 14.5 Å². The number of nitro benzene ring substituents is 1. The van der Waals surface area contributed by atoms with E-state index in [0.29, 0.717) is 12.1 Å². The molecule has 1 N–H and O–H groups in total. The minimum atomic E-state index is -0.408. The Morgan fingerprint density at radius 3 is 2.54 bits per heavy atom. The Labute approximate surface area is 149 Å². The molecule has 8 heteroatoms. The van der Waals surface area contributed by atoms with Crippen LogP contribution in [-0.4, -0.2) is 46.0 Å². The highest BCUT2D eigenvalue weighted by molar-refractivity contribution is 5.77. The molecule has 0 unspecified atom stereocenters. The Balaban J connectivity index is 1.40. The van der Waals surface area contributed by atoms with Crippen LogP contribution in [0.4, 0.5) is 15.8 Å². The summed E-state index contributed by atoms with van der Waals surface area (Å²) in [5.41, 5.74) is 2.50. The fourth-order valence-electron chi connectivity index (χ4n) is 3.27. The van der Waals surface area contributed by atoms with E-state index in [1.165, 1.54) is 24.3 Å². The molecule has 1 saturated heterocycles. The topological polar surface area (TPSA) is 78.3 Å². The number of aromatic nitrogens is 2. The molecule has 0 bridgehead atoms. The predicted molar refractivity (Wildman–Crippen MR) is 96.6 cm³/mol. The molecule has 26 heavy (non-hydrogen) atoms. The van der Waals surface area contributed by atoms with Gasteiger partial charge in [-0.15, -0.1) is 0 Å². The van der Waals surface area contributed by atoms with Gasteiger partial charge >= 0.3 is 0 Å². The maximum absolute atomic E-state index is 13.0. The molecule has 2 aromatic carbocycles. The number of rotatable bonds is 4. The van der Waals surface area contributed by atoms with Crippen LogP contribution in [0, 0.1) is 15.9 Å². The monoisotopic (exact) mass is 355 g/mol. The number of hydrogen-bond acceptors (Lipinski definition) is 5. The molecular formula is C18H18FN5O2. The number of aromatic amines is 1. The van der Waals surface area contributed by atoms with Crippen molar-refractivity contribution in [3.05, 3.63) is 64.2 Å². The molecule has 1 aromatic heterocycles. The number of anilines is 1. The lowest BCUT2D eigenvalue weighted by Crippen LogP contribution is -2.46. The maximum Gasteiger partial charge on any atom is 0.271 e. The highest BCUT2D eigenvalue weighted by atomic mass is 19.1. The molecule has 1 aliphatic heterocycles. The van der Waals surface area contributed by atoms with Gasteiger partial charge in [0.05, 0.1) is 22.5 Å². The Kier molecular flexibility index (Phi) is 4.26. The number of halogens is 1. The molecule has 0 amide bonds. The van der Waals surface area contributed by atoms with Crippen molar-refractivity contribution in [3.8, 4) is 0 Å². The fraction of sp³-hybridized carbons (Fsp3) is 0.278. The van der Waals surface area contributed by atoms with Gasteiger partial charge in [-0.1, -0.05) is 0 Å². The number of fused-ring (bicyclic) bond motifs is 1. The number of nitro groups is 1. The van der Waals surface area contributed by atoms with Gasteiger partial charge in [0.25, 0.3) is 5.69 Å². The number of nitrogens with one attached hydrogen (secondary N) is 1. The summed E-state index contributed by atoms with van der Waals surface area (Å²) in [4.78, 5) is 22.7. The SMILES string of the molecule is O=[N+]([O-])c1ccc2nc(CN3CCN(c4ccc(F)cc4)CC3)[nH]c2c1. The van der Waals surface area contributed by atoms with Crippen LogP contribution in [0.2, 0.25) is 0 Å². The number of imidazole rings is 1. The van der Waals surface area contributed by atoms with Crippen molar-refractivity contribution in [3.63, 3.8) is 0 Å². The molecule has 4 rings (SSSR count). The number of hydrogen-bond donors (Lipinski definition) is 1. The number of nitrogens with zero attached hydrogens (tertiary/aromatic N) is 4. The second-order valence-electron chi connectivity index (χ2n) is 6.38. The quantitative estimate of drug-likeness (QED) is 0.575. The van der Waals surface area contributed by atoms with Crippen LogP contribution in [0.15, 0.2) is 42.5 Å². The van der Waals surface area contributed by atoms with Crippen LogP contribution in [0.1, 0.15) is 5.82 Å². The third-order valence-corrected chi connectivity index (χ3v) is 4.66. The molecule has 3 aromatic rings. The average molecular weight is 355 g/mol. The van der Waals surface area contributed by atoms with Gasteiger partial charge in [-0.05, 0) is 30.3 Å². The van der Waals surface area contributed by atoms with Gasteiger partial charge in [0.2, 0.25) is 0 Å². The standard InChI is InChI=1S/C18H18FN5O2/c19-13-1-3-14(4-2-13)23-9-7-22(8-10-23)12-18-20-16-6-5-15(24(25)26)11-17(16)21-18/h1-6,11H,7-10,12H2,(H,20,21). The van der Waals surface area contributed by atoms with E-state index in [-0.39, 0.29) is 11.5 Å². The molecule has 7 nitrogen and oxygen atoms in total. The smallest absolute Gasteiger partial charge is 0.271 e. The molecule has 134 valence electrons. The predicted octanol–water partition coefficient (Wildman–Crippen LogP) is 2.93. The molecule has 2 heterocycles. The maximum atomic E-state index is 13.0. The summed E-state index contributed by atoms with van der Waals surface area (Å²) in [6.45, 7) is 4.12. The summed E-state index contributed by atoms with van der Waals surface area (Å²) in [6.07, 6.45) is 0. The van der Waals surface area contributed by atoms with Crippen LogP contribution in [-0.2, 0) is 6.54 Å². The Bertz CT molecular complexity index is 932. The van der Waals surface area contributed by atoms with Crippen LogP contribution in [0.3, 0.4) is 0 Å². The van der Waals surface area contributed by atoms with Crippen molar-refractivity contribution in [1.82, 2.24) is 14.9 Å². The first kappa shape index (κ1) is 16.5.